The number of carbonyl (C=O) groups excluding carboxylic acids is 1. The van der Waals surface area contributed by atoms with Gasteiger partial charge in [0.15, 0.2) is 0 Å². The molecule has 104 valence electrons. The number of hydrogen-bond donors (Lipinski definition) is 0. The van der Waals surface area contributed by atoms with Gasteiger partial charge in [-0.15, -0.1) is 0 Å². The maximum absolute atomic E-state index is 12.7. The molecule has 1 amide bonds. The van der Waals surface area contributed by atoms with Gasteiger partial charge < -0.3 is 4.90 Å². The Bertz CT molecular complexity index is 458. The molecule has 0 bridgehead atoms. The van der Waals surface area contributed by atoms with Crippen molar-refractivity contribution in [2.24, 2.45) is 0 Å². The third-order valence-electron chi connectivity index (χ3n) is 4.07. The van der Waals surface area contributed by atoms with Gasteiger partial charge in [-0.2, -0.15) is 0 Å². The smallest absolute Gasteiger partial charge is 0.254 e. The predicted octanol–water partition coefficient (Wildman–Crippen LogP) is 4.08. The first kappa shape index (κ1) is 14.6. The third-order valence-corrected chi connectivity index (χ3v) is 4.82. The van der Waals surface area contributed by atoms with E-state index in [1.165, 1.54) is 24.0 Å². The number of carbonyl (C=O) groups is 1. The molecule has 0 saturated carbocycles. The molecule has 2 rings (SSSR count). The van der Waals surface area contributed by atoms with E-state index in [2.05, 4.69) is 34.7 Å². The zero-order valence-corrected chi connectivity index (χ0v) is 13.4. The Labute approximate surface area is 124 Å². The number of rotatable bonds is 2. The second kappa shape index (κ2) is 6.56. The van der Waals surface area contributed by atoms with Crippen LogP contribution in [0.5, 0.6) is 0 Å². The molecule has 19 heavy (non-hydrogen) atoms. The van der Waals surface area contributed by atoms with Crippen molar-refractivity contribution < 1.29 is 4.79 Å². The molecule has 0 radical (unpaired) electrons. The van der Waals surface area contributed by atoms with Gasteiger partial charge in [-0.05, 0) is 49.9 Å². The maximum Gasteiger partial charge on any atom is 0.254 e. The molecular formula is C16H22BrNO. The fraction of sp³-hybridized carbons (Fsp3) is 0.562. The van der Waals surface area contributed by atoms with Crippen LogP contribution in [0.1, 0.15) is 47.2 Å². The number of likely N-dealkylation sites (tertiary alicyclic amines) is 1. The van der Waals surface area contributed by atoms with Crippen LogP contribution in [-0.2, 0) is 0 Å². The van der Waals surface area contributed by atoms with Crippen LogP contribution in [0, 0.1) is 13.8 Å². The van der Waals surface area contributed by atoms with E-state index >= 15 is 0 Å². The van der Waals surface area contributed by atoms with Crippen molar-refractivity contribution in [3.63, 3.8) is 0 Å². The summed E-state index contributed by atoms with van der Waals surface area (Å²) in [6, 6.07) is 6.37. The largest absolute Gasteiger partial charge is 0.335 e. The normalized spacial score (nSPS) is 20.2. The third kappa shape index (κ3) is 3.38. The first-order valence-corrected chi connectivity index (χ1v) is 8.20. The lowest BCUT2D eigenvalue weighted by molar-refractivity contribution is 0.0702. The van der Waals surface area contributed by atoms with E-state index in [0.717, 1.165) is 30.3 Å². The first-order valence-electron chi connectivity index (χ1n) is 7.07. The quantitative estimate of drug-likeness (QED) is 0.751. The van der Waals surface area contributed by atoms with E-state index < -0.39 is 0 Å². The van der Waals surface area contributed by atoms with E-state index in [9.17, 15) is 4.79 Å². The van der Waals surface area contributed by atoms with Gasteiger partial charge in [-0.1, -0.05) is 34.8 Å². The van der Waals surface area contributed by atoms with Gasteiger partial charge in [0.25, 0.3) is 5.91 Å². The van der Waals surface area contributed by atoms with Crippen molar-refractivity contribution in [3.05, 3.63) is 34.9 Å². The van der Waals surface area contributed by atoms with Crippen molar-refractivity contribution >= 4 is 21.8 Å². The number of halogens is 1. The Morgan fingerprint density at radius 3 is 2.74 bits per heavy atom. The number of amides is 1. The van der Waals surface area contributed by atoms with E-state index in [1.807, 2.05) is 18.2 Å². The lowest BCUT2D eigenvalue weighted by atomic mass is 10.0. The molecule has 1 aliphatic heterocycles. The Hall–Kier alpha value is -0.830. The fourth-order valence-corrected chi connectivity index (χ4v) is 3.32. The number of aryl methyl sites for hydroxylation is 2. The van der Waals surface area contributed by atoms with Gasteiger partial charge in [0.1, 0.15) is 0 Å². The lowest BCUT2D eigenvalue weighted by Gasteiger charge is -2.29. The molecule has 1 atom stereocenters. The average molecular weight is 324 g/mol. The van der Waals surface area contributed by atoms with Gasteiger partial charge in [0.2, 0.25) is 0 Å². The molecule has 1 aliphatic rings. The standard InChI is InChI=1S/C16H22BrNO/c1-12-7-8-14(10-13(12)2)16(19)18-9-5-3-4-6-15(18)11-17/h7-8,10,15H,3-6,9,11H2,1-2H3. The van der Waals surface area contributed by atoms with Gasteiger partial charge >= 0.3 is 0 Å². The highest BCUT2D eigenvalue weighted by molar-refractivity contribution is 9.09. The molecule has 1 unspecified atom stereocenters. The first-order chi connectivity index (χ1) is 9.13. The Balaban J connectivity index is 2.22. The maximum atomic E-state index is 12.7. The molecule has 1 fully saturated rings. The highest BCUT2D eigenvalue weighted by Crippen LogP contribution is 2.21. The zero-order chi connectivity index (χ0) is 13.8. The number of alkyl halides is 1. The van der Waals surface area contributed by atoms with Gasteiger partial charge in [0, 0.05) is 23.5 Å². The van der Waals surface area contributed by atoms with E-state index in [4.69, 9.17) is 0 Å². The van der Waals surface area contributed by atoms with Crippen molar-refractivity contribution in [3.8, 4) is 0 Å². The molecule has 0 aliphatic carbocycles. The molecule has 1 aromatic carbocycles. The summed E-state index contributed by atoms with van der Waals surface area (Å²) in [5.41, 5.74) is 3.26. The Morgan fingerprint density at radius 2 is 2.05 bits per heavy atom. The minimum atomic E-state index is 0.189. The molecule has 1 saturated heterocycles. The van der Waals surface area contributed by atoms with Crippen LogP contribution < -0.4 is 0 Å². The molecule has 2 nitrogen and oxygen atoms in total. The topological polar surface area (TPSA) is 20.3 Å². The van der Waals surface area contributed by atoms with Crippen LogP contribution in [-0.4, -0.2) is 28.7 Å². The second-order valence-corrected chi connectivity index (χ2v) is 6.10. The summed E-state index contributed by atoms with van der Waals surface area (Å²) in [7, 11) is 0. The summed E-state index contributed by atoms with van der Waals surface area (Å²) in [5.74, 6) is 0.189. The van der Waals surface area contributed by atoms with Crippen LogP contribution in [0.15, 0.2) is 18.2 Å². The fourth-order valence-electron chi connectivity index (χ4n) is 2.65. The van der Waals surface area contributed by atoms with Crippen molar-refractivity contribution in [2.75, 3.05) is 11.9 Å². The van der Waals surface area contributed by atoms with Crippen LogP contribution in [0.25, 0.3) is 0 Å². The molecule has 1 aromatic rings. The number of benzene rings is 1. The molecule has 0 aromatic heterocycles. The lowest BCUT2D eigenvalue weighted by Crippen LogP contribution is -2.41. The summed E-state index contributed by atoms with van der Waals surface area (Å²) in [6.45, 7) is 5.04. The van der Waals surface area contributed by atoms with Crippen molar-refractivity contribution in [2.45, 2.75) is 45.6 Å². The minimum absolute atomic E-state index is 0.189. The number of hydrogen-bond acceptors (Lipinski definition) is 1. The SMILES string of the molecule is Cc1ccc(C(=O)N2CCCCCC2CBr)cc1C. The summed E-state index contributed by atoms with van der Waals surface area (Å²) >= 11 is 3.56. The summed E-state index contributed by atoms with van der Waals surface area (Å²) < 4.78 is 0. The minimum Gasteiger partial charge on any atom is -0.335 e. The molecule has 1 heterocycles. The molecular weight excluding hydrogens is 302 g/mol. The molecule has 3 heteroatoms. The second-order valence-electron chi connectivity index (χ2n) is 5.46. The van der Waals surface area contributed by atoms with Crippen LogP contribution in [0.2, 0.25) is 0 Å². The van der Waals surface area contributed by atoms with Gasteiger partial charge in [0.05, 0.1) is 0 Å². The predicted molar refractivity (Wildman–Crippen MR) is 83.0 cm³/mol. The zero-order valence-electron chi connectivity index (χ0n) is 11.8. The van der Waals surface area contributed by atoms with Crippen LogP contribution in [0.4, 0.5) is 0 Å². The van der Waals surface area contributed by atoms with Crippen LogP contribution >= 0.6 is 15.9 Å². The van der Waals surface area contributed by atoms with Gasteiger partial charge in [-0.25, -0.2) is 0 Å². The molecule has 0 spiro atoms. The van der Waals surface area contributed by atoms with Gasteiger partial charge in [-0.3, -0.25) is 4.79 Å². The Kier molecular flexibility index (Phi) is 5.03. The van der Waals surface area contributed by atoms with Crippen molar-refractivity contribution in [1.29, 1.82) is 0 Å². The van der Waals surface area contributed by atoms with E-state index in [1.54, 1.807) is 0 Å². The number of nitrogens with zero attached hydrogens (tertiary/aromatic N) is 1. The Morgan fingerprint density at radius 1 is 1.26 bits per heavy atom. The van der Waals surface area contributed by atoms with E-state index in [-0.39, 0.29) is 5.91 Å². The molecule has 0 N–H and O–H groups in total. The monoisotopic (exact) mass is 323 g/mol. The van der Waals surface area contributed by atoms with Crippen molar-refractivity contribution in [1.82, 2.24) is 4.90 Å². The summed E-state index contributed by atoms with van der Waals surface area (Å²) in [5, 5.41) is 0.879. The average Bonchev–Trinajstić information content (AvgIpc) is 2.66. The summed E-state index contributed by atoms with van der Waals surface area (Å²) in [6.07, 6.45) is 4.70. The summed E-state index contributed by atoms with van der Waals surface area (Å²) in [4.78, 5) is 14.8. The highest BCUT2D eigenvalue weighted by atomic mass is 79.9. The van der Waals surface area contributed by atoms with E-state index in [0.29, 0.717) is 6.04 Å². The van der Waals surface area contributed by atoms with Crippen LogP contribution in [0.3, 0.4) is 0 Å². The highest BCUT2D eigenvalue weighted by Gasteiger charge is 2.25.